The van der Waals surface area contributed by atoms with Crippen molar-refractivity contribution in [2.24, 2.45) is 5.73 Å². The monoisotopic (exact) mass is 162 g/mol. The van der Waals surface area contributed by atoms with Crippen molar-refractivity contribution in [1.82, 2.24) is 14.6 Å². The topological polar surface area (TPSA) is 56.2 Å². The van der Waals surface area contributed by atoms with E-state index in [-0.39, 0.29) is 0 Å². The van der Waals surface area contributed by atoms with Gasteiger partial charge in [0.1, 0.15) is 0 Å². The number of aromatic nitrogens is 3. The Hall–Kier alpha value is -1.42. The van der Waals surface area contributed by atoms with E-state index >= 15 is 0 Å². The second kappa shape index (κ2) is 2.91. The number of rotatable bonds is 2. The Morgan fingerprint density at radius 2 is 2.42 bits per heavy atom. The van der Waals surface area contributed by atoms with Crippen LogP contribution in [0.25, 0.3) is 5.65 Å². The Bertz CT molecular complexity index is 379. The maximum Gasteiger partial charge on any atom is 0.158 e. The number of hydrogen-bond acceptors (Lipinski definition) is 3. The standard InChI is InChI=1S/C8H10N4/c9-3-2-7-6-11-12-5-1-4-10-8(7)12/h1,4-6H,2-3,9H2. The molecule has 4 heteroatoms. The van der Waals surface area contributed by atoms with Crippen molar-refractivity contribution in [2.75, 3.05) is 6.54 Å². The Morgan fingerprint density at radius 1 is 1.50 bits per heavy atom. The molecular weight excluding hydrogens is 152 g/mol. The van der Waals surface area contributed by atoms with Crippen molar-refractivity contribution < 1.29 is 0 Å². The lowest BCUT2D eigenvalue weighted by molar-refractivity contribution is 0.938. The maximum atomic E-state index is 5.45. The van der Waals surface area contributed by atoms with E-state index in [9.17, 15) is 0 Å². The highest BCUT2D eigenvalue weighted by Crippen LogP contribution is 2.06. The molecule has 2 aromatic heterocycles. The third-order valence-electron chi connectivity index (χ3n) is 1.77. The number of nitrogens with zero attached hydrogens (tertiary/aromatic N) is 3. The second-order valence-corrected chi connectivity index (χ2v) is 2.60. The van der Waals surface area contributed by atoms with Gasteiger partial charge >= 0.3 is 0 Å². The number of hydrogen-bond donors (Lipinski definition) is 1. The quantitative estimate of drug-likeness (QED) is 0.687. The van der Waals surface area contributed by atoms with Crippen LogP contribution in [0.15, 0.2) is 24.7 Å². The third-order valence-corrected chi connectivity index (χ3v) is 1.77. The first-order chi connectivity index (χ1) is 5.92. The molecule has 2 rings (SSSR count). The van der Waals surface area contributed by atoms with Crippen LogP contribution < -0.4 is 5.73 Å². The summed E-state index contributed by atoms with van der Waals surface area (Å²) in [6.45, 7) is 0.637. The molecule has 0 aliphatic carbocycles. The van der Waals surface area contributed by atoms with Crippen LogP contribution >= 0.6 is 0 Å². The first-order valence-corrected chi connectivity index (χ1v) is 3.89. The normalized spacial score (nSPS) is 10.8. The lowest BCUT2D eigenvalue weighted by Crippen LogP contribution is -2.02. The molecule has 4 nitrogen and oxygen atoms in total. The lowest BCUT2D eigenvalue weighted by Gasteiger charge is -1.93. The van der Waals surface area contributed by atoms with Crippen molar-refractivity contribution in [2.45, 2.75) is 6.42 Å². The summed E-state index contributed by atoms with van der Waals surface area (Å²) < 4.78 is 1.75. The third kappa shape index (κ3) is 1.06. The SMILES string of the molecule is NCCc1cnn2cccnc12. The number of nitrogens with two attached hydrogens (primary N) is 1. The summed E-state index contributed by atoms with van der Waals surface area (Å²) in [6, 6.07) is 1.85. The molecule has 0 aromatic carbocycles. The predicted octanol–water partition coefficient (Wildman–Crippen LogP) is 0.230. The molecule has 0 spiro atoms. The zero-order chi connectivity index (χ0) is 8.39. The minimum atomic E-state index is 0.637. The Balaban J connectivity index is 2.55. The molecule has 0 radical (unpaired) electrons. The van der Waals surface area contributed by atoms with Crippen LogP contribution in [-0.2, 0) is 6.42 Å². The molecule has 2 heterocycles. The fourth-order valence-electron chi connectivity index (χ4n) is 1.21. The Kier molecular flexibility index (Phi) is 1.75. The van der Waals surface area contributed by atoms with Gasteiger partial charge in [0.05, 0.1) is 6.20 Å². The van der Waals surface area contributed by atoms with E-state index in [1.165, 1.54) is 0 Å². The molecule has 0 bridgehead atoms. The highest BCUT2D eigenvalue weighted by molar-refractivity contribution is 5.45. The molecule has 0 atom stereocenters. The van der Waals surface area contributed by atoms with Gasteiger partial charge in [0.15, 0.2) is 5.65 Å². The average molecular weight is 162 g/mol. The highest BCUT2D eigenvalue weighted by Gasteiger charge is 2.01. The van der Waals surface area contributed by atoms with Gasteiger partial charge in [-0.1, -0.05) is 0 Å². The minimum Gasteiger partial charge on any atom is -0.330 e. The first kappa shape index (κ1) is 7.24. The van der Waals surface area contributed by atoms with E-state index in [4.69, 9.17) is 5.73 Å². The summed E-state index contributed by atoms with van der Waals surface area (Å²) in [5.74, 6) is 0. The van der Waals surface area contributed by atoms with Crippen molar-refractivity contribution in [3.8, 4) is 0 Å². The zero-order valence-electron chi connectivity index (χ0n) is 6.64. The van der Waals surface area contributed by atoms with Gasteiger partial charge in [0.25, 0.3) is 0 Å². The number of fused-ring (bicyclic) bond motifs is 1. The van der Waals surface area contributed by atoms with Gasteiger partial charge in [-0.2, -0.15) is 5.10 Å². The van der Waals surface area contributed by atoms with Crippen LogP contribution in [-0.4, -0.2) is 21.1 Å². The molecule has 0 aliphatic heterocycles. The average Bonchev–Trinajstić information content (AvgIpc) is 2.50. The first-order valence-electron chi connectivity index (χ1n) is 3.89. The molecule has 12 heavy (non-hydrogen) atoms. The molecule has 0 saturated heterocycles. The molecule has 62 valence electrons. The van der Waals surface area contributed by atoms with Crippen molar-refractivity contribution in [3.05, 3.63) is 30.2 Å². The Morgan fingerprint density at radius 3 is 3.25 bits per heavy atom. The fourth-order valence-corrected chi connectivity index (χ4v) is 1.21. The van der Waals surface area contributed by atoms with Crippen LogP contribution in [0.3, 0.4) is 0 Å². The molecule has 0 unspecified atom stereocenters. The lowest BCUT2D eigenvalue weighted by atomic mass is 10.2. The predicted molar refractivity (Wildman–Crippen MR) is 45.7 cm³/mol. The van der Waals surface area contributed by atoms with E-state index in [1.54, 1.807) is 10.7 Å². The van der Waals surface area contributed by atoms with E-state index in [1.807, 2.05) is 18.5 Å². The van der Waals surface area contributed by atoms with Crippen LogP contribution in [0.4, 0.5) is 0 Å². The van der Waals surface area contributed by atoms with Gasteiger partial charge in [0.2, 0.25) is 0 Å². The smallest absolute Gasteiger partial charge is 0.158 e. The van der Waals surface area contributed by atoms with E-state index in [0.29, 0.717) is 6.54 Å². The van der Waals surface area contributed by atoms with Crippen LogP contribution in [0.1, 0.15) is 5.56 Å². The van der Waals surface area contributed by atoms with Gasteiger partial charge in [-0.3, -0.25) is 0 Å². The Labute approximate surface area is 70.0 Å². The van der Waals surface area contributed by atoms with E-state index in [0.717, 1.165) is 17.6 Å². The molecule has 2 aromatic rings. The second-order valence-electron chi connectivity index (χ2n) is 2.60. The van der Waals surface area contributed by atoms with Gasteiger partial charge in [-0.15, -0.1) is 0 Å². The fraction of sp³-hybridized carbons (Fsp3) is 0.250. The summed E-state index contributed by atoms with van der Waals surface area (Å²) in [4.78, 5) is 4.20. The zero-order valence-corrected chi connectivity index (χ0v) is 6.64. The van der Waals surface area contributed by atoms with Crippen LogP contribution in [0, 0.1) is 0 Å². The molecular formula is C8H10N4. The van der Waals surface area contributed by atoms with E-state index < -0.39 is 0 Å². The largest absolute Gasteiger partial charge is 0.330 e. The van der Waals surface area contributed by atoms with Crippen LogP contribution in [0.2, 0.25) is 0 Å². The van der Waals surface area contributed by atoms with Crippen molar-refractivity contribution >= 4 is 5.65 Å². The molecule has 0 fully saturated rings. The molecule has 0 aliphatic rings. The highest BCUT2D eigenvalue weighted by atomic mass is 15.2. The van der Waals surface area contributed by atoms with Gasteiger partial charge in [-0.25, -0.2) is 9.50 Å². The minimum absolute atomic E-state index is 0.637. The summed E-state index contributed by atoms with van der Waals surface area (Å²) in [5.41, 5.74) is 7.46. The van der Waals surface area contributed by atoms with Gasteiger partial charge < -0.3 is 5.73 Å². The molecule has 0 amide bonds. The molecule has 0 saturated carbocycles. The maximum absolute atomic E-state index is 5.45. The van der Waals surface area contributed by atoms with E-state index in [2.05, 4.69) is 10.1 Å². The van der Waals surface area contributed by atoms with Gasteiger partial charge in [-0.05, 0) is 19.0 Å². The van der Waals surface area contributed by atoms with Crippen LogP contribution in [0.5, 0.6) is 0 Å². The summed E-state index contributed by atoms with van der Waals surface area (Å²) >= 11 is 0. The molecule has 2 N–H and O–H groups in total. The van der Waals surface area contributed by atoms with Crippen molar-refractivity contribution in [1.29, 1.82) is 0 Å². The summed E-state index contributed by atoms with van der Waals surface area (Å²) in [7, 11) is 0. The van der Waals surface area contributed by atoms with Gasteiger partial charge in [0, 0.05) is 18.0 Å². The summed E-state index contributed by atoms with van der Waals surface area (Å²) in [5, 5.41) is 4.14. The van der Waals surface area contributed by atoms with Crippen molar-refractivity contribution in [3.63, 3.8) is 0 Å². The summed E-state index contributed by atoms with van der Waals surface area (Å²) in [6.07, 6.45) is 6.29.